The molecule has 10 heteroatoms. The Morgan fingerprint density at radius 2 is 1.85 bits per heavy atom. The standard InChI is InChI=1S/C29H34N4O5S/c1-19-5-6-20(17-30)18-31-28-26(19)27(34)22-15-25(39(35,36)33-11-9-32(4)10-12-33)24(16-23(22)29(28,2)3)38-21-7-13-37-14-8-21/h5-6,15-16,18,21,31H,1,7-14H2,2-4H3/b6-5-,20-18?. The molecule has 9 nitrogen and oxygen atoms in total. The smallest absolute Gasteiger partial charge is 0.246 e. The van der Waals surface area contributed by atoms with Crippen molar-refractivity contribution < 1.29 is 22.7 Å². The number of hydrogen-bond acceptors (Lipinski definition) is 8. The number of likely N-dealkylation sites (N-methyl/N-ethyl adjacent to an activating group) is 1. The summed E-state index contributed by atoms with van der Waals surface area (Å²) in [5, 5.41) is 12.6. The first kappa shape index (κ1) is 27.3. The van der Waals surface area contributed by atoms with E-state index in [9.17, 15) is 18.5 Å². The fourth-order valence-corrected chi connectivity index (χ4v) is 7.05. The molecule has 1 aromatic rings. The molecule has 206 valence electrons. The summed E-state index contributed by atoms with van der Waals surface area (Å²) in [6.07, 6.45) is 5.93. The quantitative estimate of drug-likeness (QED) is 0.609. The average molecular weight is 551 g/mol. The number of rotatable bonds is 4. The fourth-order valence-electron chi connectivity index (χ4n) is 5.50. The zero-order valence-corrected chi connectivity index (χ0v) is 23.4. The normalized spacial score (nSPS) is 23.5. The lowest BCUT2D eigenvalue weighted by Crippen LogP contribution is -2.47. The maximum atomic E-state index is 14.0. The maximum Gasteiger partial charge on any atom is 0.246 e. The van der Waals surface area contributed by atoms with Gasteiger partial charge in [-0.2, -0.15) is 9.57 Å². The van der Waals surface area contributed by atoms with Gasteiger partial charge in [0.2, 0.25) is 10.0 Å². The van der Waals surface area contributed by atoms with Gasteiger partial charge in [0, 0.05) is 67.5 Å². The number of carbonyl (C=O) groups excluding carboxylic acids is 1. The Balaban J connectivity index is 1.67. The van der Waals surface area contributed by atoms with Crippen LogP contribution in [0.3, 0.4) is 0 Å². The molecule has 2 fully saturated rings. The molecule has 2 saturated heterocycles. The van der Waals surface area contributed by atoms with Gasteiger partial charge in [-0.25, -0.2) is 8.42 Å². The van der Waals surface area contributed by atoms with Crippen molar-refractivity contribution in [2.75, 3.05) is 46.4 Å². The molecule has 0 bridgehead atoms. The number of fused-ring (bicyclic) bond motifs is 1. The molecular weight excluding hydrogens is 516 g/mol. The molecule has 0 atom stereocenters. The van der Waals surface area contributed by atoms with Crippen LogP contribution in [0.4, 0.5) is 0 Å². The molecule has 3 aliphatic heterocycles. The zero-order valence-electron chi connectivity index (χ0n) is 22.6. The summed E-state index contributed by atoms with van der Waals surface area (Å²) in [7, 11) is -1.98. The van der Waals surface area contributed by atoms with Crippen LogP contribution in [0, 0.1) is 11.3 Å². The molecule has 5 rings (SSSR count). The number of nitrogens with one attached hydrogen (secondary N) is 1. The number of hydrogen-bond donors (Lipinski definition) is 1. The van der Waals surface area contributed by atoms with Crippen LogP contribution in [-0.4, -0.2) is 76.0 Å². The van der Waals surface area contributed by atoms with E-state index in [1.807, 2.05) is 20.9 Å². The van der Waals surface area contributed by atoms with E-state index in [0.29, 0.717) is 85.8 Å². The molecular formula is C29H34N4O5S. The molecule has 39 heavy (non-hydrogen) atoms. The van der Waals surface area contributed by atoms with Gasteiger partial charge in [-0.05, 0) is 36.4 Å². The SMILES string of the molecule is C=C1/C=C\C(C#N)=CNC2=C1C(=O)c1cc(S(=O)(=O)N3CCN(C)CC3)c(OC3CCOCC3)cc1C2(C)C. The van der Waals surface area contributed by atoms with Crippen LogP contribution in [0.1, 0.15) is 42.6 Å². The van der Waals surface area contributed by atoms with Crippen molar-refractivity contribution in [3.05, 3.63) is 70.6 Å². The highest BCUT2D eigenvalue weighted by atomic mass is 32.2. The second-order valence-corrected chi connectivity index (χ2v) is 12.8. The molecule has 0 radical (unpaired) electrons. The Labute approximate surface area is 230 Å². The highest BCUT2D eigenvalue weighted by Gasteiger charge is 2.42. The molecule has 0 aromatic heterocycles. The molecule has 0 saturated carbocycles. The van der Waals surface area contributed by atoms with E-state index >= 15 is 0 Å². The summed E-state index contributed by atoms with van der Waals surface area (Å²) in [6.45, 7) is 11.1. The van der Waals surface area contributed by atoms with Gasteiger partial charge in [-0.15, -0.1) is 0 Å². The van der Waals surface area contributed by atoms with E-state index in [2.05, 4.69) is 22.9 Å². The number of carbonyl (C=O) groups is 1. The van der Waals surface area contributed by atoms with Crippen molar-refractivity contribution in [1.82, 2.24) is 14.5 Å². The van der Waals surface area contributed by atoms with E-state index in [1.54, 1.807) is 24.4 Å². The Morgan fingerprint density at radius 1 is 1.15 bits per heavy atom. The minimum Gasteiger partial charge on any atom is -0.489 e. The van der Waals surface area contributed by atoms with Crippen LogP contribution in [0.15, 0.2) is 64.4 Å². The van der Waals surface area contributed by atoms with Gasteiger partial charge in [-0.3, -0.25) is 4.79 Å². The summed E-state index contributed by atoms with van der Waals surface area (Å²) in [6, 6.07) is 5.34. The number of piperazine rings is 1. The Kier molecular flexibility index (Phi) is 7.29. The third-order valence-corrected chi connectivity index (χ3v) is 9.85. The molecule has 0 unspecified atom stereocenters. The molecule has 1 aromatic carbocycles. The van der Waals surface area contributed by atoms with Crippen LogP contribution in [-0.2, 0) is 20.2 Å². The van der Waals surface area contributed by atoms with Crippen molar-refractivity contribution in [3.8, 4) is 11.8 Å². The lowest BCUT2D eigenvalue weighted by Gasteiger charge is -2.38. The molecule has 3 heterocycles. The van der Waals surface area contributed by atoms with Gasteiger partial charge in [0.25, 0.3) is 0 Å². The second kappa shape index (κ2) is 10.4. The molecule has 1 aliphatic carbocycles. The van der Waals surface area contributed by atoms with Gasteiger partial charge in [0.05, 0.1) is 18.8 Å². The molecule has 1 N–H and O–H groups in total. The summed E-state index contributed by atoms with van der Waals surface area (Å²) in [5.74, 6) is -0.0648. The number of ketones is 1. The maximum absolute atomic E-state index is 14.0. The van der Waals surface area contributed by atoms with Crippen LogP contribution >= 0.6 is 0 Å². The summed E-state index contributed by atoms with van der Waals surface area (Å²) in [4.78, 5) is 16.1. The van der Waals surface area contributed by atoms with Crippen molar-refractivity contribution in [3.63, 3.8) is 0 Å². The first-order chi connectivity index (χ1) is 18.5. The summed E-state index contributed by atoms with van der Waals surface area (Å²) in [5.41, 5.74) is 2.05. The van der Waals surface area contributed by atoms with Gasteiger partial charge >= 0.3 is 0 Å². The van der Waals surface area contributed by atoms with Crippen molar-refractivity contribution >= 4 is 15.8 Å². The lowest BCUT2D eigenvalue weighted by molar-refractivity contribution is 0.0243. The zero-order chi connectivity index (χ0) is 27.9. The number of benzene rings is 1. The van der Waals surface area contributed by atoms with Crippen LogP contribution in [0.2, 0.25) is 0 Å². The first-order valence-corrected chi connectivity index (χ1v) is 14.6. The van der Waals surface area contributed by atoms with E-state index in [1.165, 1.54) is 10.4 Å². The van der Waals surface area contributed by atoms with Gasteiger partial charge in [0.1, 0.15) is 22.8 Å². The van der Waals surface area contributed by atoms with Gasteiger partial charge in [0.15, 0.2) is 5.78 Å². The van der Waals surface area contributed by atoms with Crippen LogP contribution in [0.25, 0.3) is 0 Å². The summed E-state index contributed by atoms with van der Waals surface area (Å²) >= 11 is 0. The third-order valence-electron chi connectivity index (χ3n) is 7.93. The molecule has 0 spiro atoms. The van der Waals surface area contributed by atoms with E-state index in [0.717, 1.165) is 0 Å². The van der Waals surface area contributed by atoms with Gasteiger partial charge < -0.3 is 19.7 Å². The topological polar surface area (TPSA) is 112 Å². The lowest BCUT2D eigenvalue weighted by atomic mass is 9.69. The first-order valence-electron chi connectivity index (χ1n) is 13.2. The van der Waals surface area contributed by atoms with Crippen molar-refractivity contribution in [2.45, 2.75) is 43.1 Å². The Morgan fingerprint density at radius 3 is 2.51 bits per heavy atom. The number of nitrogens with zero attached hydrogens (tertiary/aromatic N) is 3. The number of Topliss-reactive ketones (excluding diaryl/α,β-unsaturated/α-hetero) is 1. The number of nitriles is 1. The van der Waals surface area contributed by atoms with Crippen LogP contribution < -0.4 is 10.1 Å². The molecule has 4 aliphatic rings. The third kappa shape index (κ3) is 4.96. The van der Waals surface area contributed by atoms with Crippen molar-refractivity contribution in [2.24, 2.45) is 0 Å². The van der Waals surface area contributed by atoms with E-state index in [-0.39, 0.29) is 22.5 Å². The Bertz CT molecular complexity index is 1450. The minimum atomic E-state index is -3.94. The summed E-state index contributed by atoms with van der Waals surface area (Å²) < 4.78 is 41.4. The average Bonchev–Trinajstić information content (AvgIpc) is 2.90. The monoisotopic (exact) mass is 550 g/mol. The fraction of sp³-hybridized carbons (Fsp3) is 0.448. The predicted octanol–water partition coefficient (Wildman–Crippen LogP) is 3.03. The predicted molar refractivity (Wildman–Crippen MR) is 147 cm³/mol. The second-order valence-electron chi connectivity index (χ2n) is 10.9. The Hall–Kier alpha value is -3.23. The van der Waals surface area contributed by atoms with E-state index < -0.39 is 15.4 Å². The highest BCUT2D eigenvalue weighted by molar-refractivity contribution is 7.89. The largest absolute Gasteiger partial charge is 0.489 e. The number of ether oxygens (including phenoxy) is 2. The van der Waals surface area contributed by atoms with Crippen molar-refractivity contribution in [1.29, 1.82) is 5.26 Å². The minimum absolute atomic E-state index is 0.0112. The number of allylic oxidation sites excluding steroid dienone is 6. The van der Waals surface area contributed by atoms with Gasteiger partial charge in [-0.1, -0.05) is 26.5 Å². The highest BCUT2D eigenvalue weighted by Crippen LogP contribution is 2.46. The molecule has 0 amide bonds. The number of sulfonamides is 1. The van der Waals surface area contributed by atoms with E-state index in [4.69, 9.17) is 9.47 Å². The van der Waals surface area contributed by atoms with Crippen LogP contribution in [0.5, 0.6) is 5.75 Å².